The summed E-state index contributed by atoms with van der Waals surface area (Å²) >= 11 is 0. The van der Waals surface area contributed by atoms with Crippen molar-refractivity contribution in [3.63, 3.8) is 0 Å². The molecule has 0 aliphatic heterocycles. The number of ether oxygens (including phenoxy) is 1. The molecule has 3 rings (SSSR count). The molecular weight excluding hydrogens is 312 g/mol. The summed E-state index contributed by atoms with van der Waals surface area (Å²) in [5.74, 6) is 4.22. The van der Waals surface area contributed by atoms with Crippen LogP contribution in [-0.2, 0) is 6.42 Å². The number of terminal acetylenes is 1. The summed E-state index contributed by atoms with van der Waals surface area (Å²) in [5.41, 5.74) is 3.65. The third-order valence-electron chi connectivity index (χ3n) is 3.97. The molecule has 2 aromatic carbocycles. The summed E-state index contributed by atoms with van der Waals surface area (Å²) < 4.78 is 5.51. The lowest BCUT2D eigenvalue weighted by molar-refractivity contribution is 0.410. The second-order valence-corrected chi connectivity index (χ2v) is 5.61. The highest BCUT2D eigenvalue weighted by molar-refractivity contribution is 5.92. The van der Waals surface area contributed by atoms with Crippen molar-refractivity contribution < 1.29 is 4.74 Å². The first-order valence-corrected chi connectivity index (χ1v) is 8.05. The number of benzene rings is 2. The fourth-order valence-electron chi connectivity index (χ4n) is 2.70. The van der Waals surface area contributed by atoms with Crippen LogP contribution < -0.4 is 15.4 Å². The molecule has 5 nitrogen and oxygen atoms in total. The van der Waals surface area contributed by atoms with Gasteiger partial charge in [0, 0.05) is 22.7 Å². The average molecular weight is 332 g/mol. The molecular formula is C20H20N4O. The van der Waals surface area contributed by atoms with E-state index in [4.69, 9.17) is 11.2 Å². The Balaban J connectivity index is 2.04. The van der Waals surface area contributed by atoms with Crippen LogP contribution in [0, 0.1) is 12.3 Å². The third kappa shape index (κ3) is 3.70. The molecule has 0 bridgehead atoms. The van der Waals surface area contributed by atoms with E-state index in [0.717, 1.165) is 52.3 Å². The van der Waals surface area contributed by atoms with E-state index in [0.29, 0.717) is 0 Å². The fraction of sp³-hybridized carbons (Fsp3) is 0.200. The maximum absolute atomic E-state index is 5.51. The van der Waals surface area contributed by atoms with Crippen molar-refractivity contribution in [1.82, 2.24) is 15.3 Å². The van der Waals surface area contributed by atoms with Crippen molar-refractivity contribution in [3.05, 3.63) is 53.9 Å². The smallest absolute Gasteiger partial charge is 0.141 e. The number of rotatable bonds is 6. The number of methoxy groups -OCH3 is 1. The topological polar surface area (TPSA) is 59.1 Å². The number of likely N-dealkylation sites (N-methyl/N-ethyl adjacent to an activating group) is 1. The van der Waals surface area contributed by atoms with Crippen LogP contribution in [0.2, 0.25) is 0 Å². The minimum Gasteiger partial charge on any atom is -0.496 e. The van der Waals surface area contributed by atoms with Gasteiger partial charge in [-0.05, 0) is 49.8 Å². The van der Waals surface area contributed by atoms with Gasteiger partial charge < -0.3 is 15.4 Å². The van der Waals surface area contributed by atoms with Crippen LogP contribution in [0.15, 0.2) is 42.7 Å². The van der Waals surface area contributed by atoms with Gasteiger partial charge in [0.2, 0.25) is 0 Å². The van der Waals surface area contributed by atoms with Gasteiger partial charge in [-0.15, -0.1) is 6.42 Å². The summed E-state index contributed by atoms with van der Waals surface area (Å²) in [4.78, 5) is 8.77. The van der Waals surface area contributed by atoms with Crippen LogP contribution in [0.4, 0.5) is 11.5 Å². The van der Waals surface area contributed by atoms with Gasteiger partial charge >= 0.3 is 0 Å². The van der Waals surface area contributed by atoms with Crippen molar-refractivity contribution in [2.75, 3.05) is 26.0 Å². The molecule has 25 heavy (non-hydrogen) atoms. The largest absolute Gasteiger partial charge is 0.496 e. The molecule has 0 radical (unpaired) electrons. The molecule has 1 heterocycles. The molecule has 2 N–H and O–H groups in total. The van der Waals surface area contributed by atoms with Crippen LogP contribution in [0.1, 0.15) is 11.1 Å². The zero-order valence-electron chi connectivity index (χ0n) is 14.3. The number of nitrogens with one attached hydrogen (secondary N) is 2. The lowest BCUT2D eigenvalue weighted by Crippen LogP contribution is -2.11. The minimum absolute atomic E-state index is 0.743. The Bertz CT molecular complexity index is 931. The summed E-state index contributed by atoms with van der Waals surface area (Å²) in [5, 5.41) is 7.45. The monoisotopic (exact) mass is 332 g/mol. The van der Waals surface area contributed by atoms with Gasteiger partial charge in [0.1, 0.15) is 17.9 Å². The lowest BCUT2D eigenvalue weighted by Gasteiger charge is -2.13. The van der Waals surface area contributed by atoms with Crippen LogP contribution in [0.5, 0.6) is 5.75 Å². The van der Waals surface area contributed by atoms with Gasteiger partial charge in [-0.25, -0.2) is 9.97 Å². The summed E-state index contributed by atoms with van der Waals surface area (Å²) in [6.45, 7) is 0.864. The predicted molar refractivity (Wildman–Crippen MR) is 101 cm³/mol. The van der Waals surface area contributed by atoms with Crippen LogP contribution in [0.25, 0.3) is 10.9 Å². The number of hydrogen-bond acceptors (Lipinski definition) is 5. The molecule has 0 aliphatic rings. The number of nitrogens with zero attached hydrogens (tertiary/aromatic N) is 2. The van der Waals surface area contributed by atoms with E-state index in [1.54, 1.807) is 13.4 Å². The van der Waals surface area contributed by atoms with Crippen LogP contribution >= 0.6 is 0 Å². The number of anilines is 2. The van der Waals surface area contributed by atoms with Gasteiger partial charge in [-0.2, -0.15) is 0 Å². The standard InChI is InChI=1S/C20H20N4O/c1-4-14-6-5-7-16(10-14)24-20-17-11-15(8-9-21-2)19(25-3)12-18(17)22-13-23-20/h1,5-7,10-13,21H,8-9H2,2-3H3,(H,22,23,24). The fourth-order valence-corrected chi connectivity index (χ4v) is 2.70. The summed E-state index contributed by atoms with van der Waals surface area (Å²) in [7, 11) is 3.61. The summed E-state index contributed by atoms with van der Waals surface area (Å²) in [6, 6.07) is 11.7. The highest BCUT2D eigenvalue weighted by atomic mass is 16.5. The Morgan fingerprint density at radius 1 is 1.20 bits per heavy atom. The first-order chi connectivity index (χ1) is 12.2. The normalized spacial score (nSPS) is 10.4. The maximum Gasteiger partial charge on any atom is 0.141 e. The van der Waals surface area contributed by atoms with Crippen molar-refractivity contribution in [1.29, 1.82) is 0 Å². The molecule has 0 amide bonds. The molecule has 0 saturated heterocycles. The predicted octanol–water partition coefficient (Wildman–Crippen LogP) is 3.13. The van der Waals surface area contributed by atoms with Gasteiger partial charge in [-0.3, -0.25) is 0 Å². The van der Waals surface area contributed by atoms with E-state index in [9.17, 15) is 0 Å². The van der Waals surface area contributed by atoms with Crippen molar-refractivity contribution in [3.8, 4) is 18.1 Å². The Hall–Kier alpha value is -3.10. The minimum atomic E-state index is 0.743. The molecule has 0 spiro atoms. The maximum atomic E-state index is 5.51. The van der Waals surface area contributed by atoms with Crippen LogP contribution in [0.3, 0.4) is 0 Å². The zero-order chi connectivity index (χ0) is 17.6. The molecule has 5 heteroatoms. The Labute approximate surface area is 147 Å². The van der Waals surface area contributed by atoms with E-state index in [1.807, 2.05) is 37.4 Å². The molecule has 3 aromatic rings. The molecule has 0 aliphatic carbocycles. The second kappa shape index (κ2) is 7.65. The van der Waals surface area contributed by atoms with Gasteiger partial charge in [-0.1, -0.05) is 12.0 Å². The number of hydrogen-bond donors (Lipinski definition) is 2. The molecule has 126 valence electrons. The van der Waals surface area contributed by atoms with Gasteiger partial charge in [0.05, 0.1) is 12.6 Å². The molecule has 0 atom stereocenters. The van der Waals surface area contributed by atoms with Gasteiger partial charge in [0.15, 0.2) is 0 Å². The van der Waals surface area contributed by atoms with Crippen molar-refractivity contribution in [2.24, 2.45) is 0 Å². The van der Waals surface area contributed by atoms with E-state index < -0.39 is 0 Å². The average Bonchev–Trinajstić information content (AvgIpc) is 2.66. The highest BCUT2D eigenvalue weighted by Crippen LogP contribution is 2.30. The Kier molecular flexibility index (Phi) is 5.12. The molecule has 0 fully saturated rings. The first kappa shape index (κ1) is 16.7. The Morgan fingerprint density at radius 3 is 2.84 bits per heavy atom. The summed E-state index contributed by atoms with van der Waals surface area (Å²) in [6.07, 6.45) is 7.88. The van der Waals surface area contributed by atoms with Crippen molar-refractivity contribution >= 4 is 22.4 Å². The molecule has 0 unspecified atom stereocenters. The third-order valence-corrected chi connectivity index (χ3v) is 3.97. The first-order valence-electron chi connectivity index (χ1n) is 8.05. The Morgan fingerprint density at radius 2 is 2.08 bits per heavy atom. The lowest BCUT2D eigenvalue weighted by atomic mass is 10.1. The van der Waals surface area contributed by atoms with E-state index in [2.05, 4.69) is 32.6 Å². The van der Waals surface area contributed by atoms with Crippen LogP contribution in [-0.4, -0.2) is 30.7 Å². The van der Waals surface area contributed by atoms with E-state index in [1.165, 1.54) is 0 Å². The van der Waals surface area contributed by atoms with E-state index in [-0.39, 0.29) is 0 Å². The van der Waals surface area contributed by atoms with Crippen molar-refractivity contribution in [2.45, 2.75) is 6.42 Å². The quantitative estimate of drug-likeness (QED) is 0.679. The SMILES string of the molecule is C#Cc1cccc(Nc2ncnc3cc(OC)c(CCNC)cc23)c1. The van der Waals surface area contributed by atoms with E-state index >= 15 is 0 Å². The number of aromatic nitrogens is 2. The second-order valence-electron chi connectivity index (χ2n) is 5.61. The number of fused-ring (bicyclic) bond motifs is 1. The molecule has 0 saturated carbocycles. The zero-order valence-corrected chi connectivity index (χ0v) is 14.3. The van der Waals surface area contributed by atoms with Gasteiger partial charge in [0.25, 0.3) is 0 Å². The highest BCUT2D eigenvalue weighted by Gasteiger charge is 2.10. The molecule has 1 aromatic heterocycles.